The van der Waals surface area contributed by atoms with Crippen LogP contribution in [0.25, 0.3) is 0 Å². The van der Waals surface area contributed by atoms with E-state index in [0.717, 1.165) is 0 Å². The maximum absolute atomic E-state index is 11.7. The second-order valence-corrected chi connectivity index (χ2v) is 5.02. The fourth-order valence-electron chi connectivity index (χ4n) is 2.09. The van der Waals surface area contributed by atoms with E-state index in [1.54, 1.807) is 6.92 Å². The predicted octanol–water partition coefficient (Wildman–Crippen LogP) is 2.64. The molecule has 0 aliphatic rings. The Balaban J connectivity index is 2.50. The molecule has 0 radical (unpaired) electrons. The molecule has 0 bridgehead atoms. The monoisotopic (exact) mass is 322 g/mol. The van der Waals surface area contributed by atoms with E-state index >= 15 is 0 Å². The molecule has 2 aromatic rings. The van der Waals surface area contributed by atoms with Crippen LogP contribution in [0.5, 0.6) is 0 Å². The van der Waals surface area contributed by atoms with Gasteiger partial charge in [-0.15, -0.1) is 0 Å². The normalized spacial score (nSPS) is 10.5. The average Bonchev–Trinajstić information content (AvgIpc) is 2.74. The summed E-state index contributed by atoms with van der Waals surface area (Å²) in [4.78, 5) is 31.6. The van der Waals surface area contributed by atoms with Gasteiger partial charge in [-0.25, -0.2) is 9.97 Å². The molecular weight excluding hydrogens is 308 g/mol. The van der Waals surface area contributed by atoms with Crippen molar-refractivity contribution < 1.29 is 14.0 Å². The number of amides is 1. The summed E-state index contributed by atoms with van der Waals surface area (Å²) in [6.07, 6.45) is 0.591. The molecule has 2 heterocycles. The molecule has 0 unspecified atom stereocenters. The third kappa shape index (κ3) is 3.09. The second-order valence-electron chi connectivity index (χ2n) is 4.63. The van der Waals surface area contributed by atoms with Crippen LogP contribution in [0.4, 0.5) is 11.7 Å². The highest BCUT2D eigenvalue weighted by molar-refractivity contribution is 6.29. The summed E-state index contributed by atoms with van der Waals surface area (Å²) in [5, 5.41) is 3.08. The quantitative estimate of drug-likeness (QED) is 0.646. The number of nitrogens with one attached hydrogen (secondary N) is 1. The van der Waals surface area contributed by atoms with Crippen molar-refractivity contribution in [2.45, 2.75) is 27.2 Å². The van der Waals surface area contributed by atoms with Crippen molar-refractivity contribution in [3.63, 3.8) is 0 Å². The standard InChI is InChI=1S/C14H15ClN4O3/c1-4-9-17-8(15)5-10(18-9)19-14-12(13(16)21)11(6(2)20)7(3)22-14/h5H,4H2,1-3H3,(H2,16,21)(H,17,18,19). The molecular formula is C14H15ClN4O3. The van der Waals surface area contributed by atoms with Crippen molar-refractivity contribution in [3.8, 4) is 0 Å². The van der Waals surface area contributed by atoms with Crippen LogP contribution in [0.2, 0.25) is 5.15 Å². The van der Waals surface area contributed by atoms with Crippen molar-refractivity contribution in [2.24, 2.45) is 5.73 Å². The zero-order chi connectivity index (χ0) is 16.4. The van der Waals surface area contributed by atoms with Gasteiger partial charge in [0.05, 0.1) is 5.56 Å². The topological polar surface area (TPSA) is 111 Å². The van der Waals surface area contributed by atoms with Crippen LogP contribution >= 0.6 is 11.6 Å². The summed E-state index contributed by atoms with van der Waals surface area (Å²) in [5.74, 6) is 0.180. The van der Waals surface area contributed by atoms with Crippen molar-refractivity contribution in [3.05, 3.63) is 33.9 Å². The number of primary amides is 1. The molecule has 0 saturated carbocycles. The van der Waals surface area contributed by atoms with E-state index in [0.29, 0.717) is 23.8 Å². The Bertz CT molecular complexity index is 755. The zero-order valence-electron chi connectivity index (χ0n) is 12.4. The molecule has 0 saturated heterocycles. The van der Waals surface area contributed by atoms with Gasteiger partial charge in [0.25, 0.3) is 5.91 Å². The maximum atomic E-state index is 11.7. The first-order valence-electron chi connectivity index (χ1n) is 6.58. The number of hydrogen-bond acceptors (Lipinski definition) is 6. The van der Waals surface area contributed by atoms with Crippen molar-refractivity contribution in [1.29, 1.82) is 0 Å². The van der Waals surface area contributed by atoms with Crippen LogP contribution in [-0.4, -0.2) is 21.7 Å². The minimum absolute atomic E-state index is 0.00205. The molecule has 0 aliphatic carbocycles. The molecule has 0 aliphatic heterocycles. The van der Waals surface area contributed by atoms with Gasteiger partial charge >= 0.3 is 0 Å². The number of nitrogens with zero attached hydrogens (tertiary/aromatic N) is 2. The summed E-state index contributed by atoms with van der Waals surface area (Å²) in [7, 11) is 0. The average molecular weight is 323 g/mol. The molecule has 0 spiro atoms. The number of aromatic nitrogens is 2. The smallest absolute Gasteiger partial charge is 0.255 e. The molecule has 116 valence electrons. The number of ketones is 1. The van der Waals surface area contributed by atoms with Gasteiger partial charge < -0.3 is 15.5 Å². The predicted molar refractivity (Wildman–Crippen MR) is 81.7 cm³/mol. The van der Waals surface area contributed by atoms with Crippen LogP contribution in [0, 0.1) is 6.92 Å². The number of carbonyl (C=O) groups is 2. The highest BCUT2D eigenvalue weighted by Gasteiger charge is 2.25. The Morgan fingerprint density at radius 2 is 2.05 bits per heavy atom. The van der Waals surface area contributed by atoms with E-state index in [1.165, 1.54) is 13.0 Å². The highest BCUT2D eigenvalue weighted by atomic mass is 35.5. The molecule has 0 aromatic carbocycles. The Kier molecular flexibility index (Phi) is 4.46. The highest BCUT2D eigenvalue weighted by Crippen LogP contribution is 2.29. The van der Waals surface area contributed by atoms with E-state index in [2.05, 4.69) is 15.3 Å². The van der Waals surface area contributed by atoms with E-state index < -0.39 is 5.91 Å². The van der Waals surface area contributed by atoms with E-state index in [1.807, 2.05) is 6.92 Å². The van der Waals surface area contributed by atoms with Crippen LogP contribution in [0.3, 0.4) is 0 Å². The summed E-state index contributed by atoms with van der Waals surface area (Å²) >= 11 is 5.92. The first-order chi connectivity index (χ1) is 10.3. The van der Waals surface area contributed by atoms with Crippen LogP contribution in [-0.2, 0) is 6.42 Å². The van der Waals surface area contributed by atoms with E-state index in [9.17, 15) is 9.59 Å². The lowest BCUT2D eigenvalue weighted by atomic mass is 10.1. The van der Waals surface area contributed by atoms with Gasteiger partial charge in [-0.1, -0.05) is 18.5 Å². The number of aryl methyl sites for hydroxylation is 2. The van der Waals surface area contributed by atoms with Gasteiger partial charge in [0.2, 0.25) is 5.88 Å². The summed E-state index contributed by atoms with van der Waals surface area (Å²) in [5.41, 5.74) is 5.51. The lowest BCUT2D eigenvalue weighted by Gasteiger charge is -2.06. The molecule has 1 amide bonds. The molecule has 2 aromatic heterocycles. The lowest BCUT2D eigenvalue weighted by Crippen LogP contribution is -2.16. The fourth-order valence-corrected chi connectivity index (χ4v) is 2.30. The number of carbonyl (C=O) groups excluding carboxylic acids is 2. The van der Waals surface area contributed by atoms with Crippen molar-refractivity contribution in [2.75, 3.05) is 5.32 Å². The number of furan rings is 1. The first-order valence-corrected chi connectivity index (χ1v) is 6.95. The largest absolute Gasteiger partial charge is 0.444 e. The second kappa shape index (κ2) is 6.15. The zero-order valence-corrected chi connectivity index (χ0v) is 13.1. The minimum Gasteiger partial charge on any atom is -0.444 e. The number of Topliss-reactive ketones (excluding diaryl/α,β-unsaturated/α-hetero) is 1. The first kappa shape index (κ1) is 16.0. The minimum atomic E-state index is -0.764. The van der Waals surface area contributed by atoms with Gasteiger partial charge in [-0.05, 0) is 13.8 Å². The van der Waals surface area contributed by atoms with E-state index in [4.69, 9.17) is 21.8 Å². The van der Waals surface area contributed by atoms with Crippen LogP contribution < -0.4 is 11.1 Å². The third-order valence-corrected chi connectivity index (χ3v) is 3.18. The maximum Gasteiger partial charge on any atom is 0.255 e. The molecule has 8 heteroatoms. The van der Waals surface area contributed by atoms with Gasteiger partial charge in [0, 0.05) is 12.5 Å². The van der Waals surface area contributed by atoms with Crippen molar-refractivity contribution >= 4 is 35.0 Å². The number of nitrogens with two attached hydrogens (primary N) is 1. The van der Waals surface area contributed by atoms with Crippen LogP contribution in [0.1, 0.15) is 46.1 Å². The van der Waals surface area contributed by atoms with Crippen LogP contribution in [0.15, 0.2) is 10.5 Å². The van der Waals surface area contributed by atoms with Gasteiger partial charge in [-0.2, -0.15) is 0 Å². The van der Waals surface area contributed by atoms with E-state index in [-0.39, 0.29) is 27.9 Å². The van der Waals surface area contributed by atoms with Gasteiger partial charge in [0.1, 0.15) is 28.1 Å². The Morgan fingerprint density at radius 1 is 1.36 bits per heavy atom. The van der Waals surface area contributed by atoms with Gasteiger partial charge in [-0.3, -0.25) is 9.59 Å². The molecule has 7 nitrogen and oxygen atoms in total. The number of anilines is 2. The summed E-state index contributed by atoms with van der Waals surface area (Å²) in [6.45, 7) is 4.80. The fraction of sp³-hybridized carbons (Fsp3) is 0.286. The lowest BCUT2D eigenvalue weighted by molar-refractivity contribution is 0.0974. The molecule has 0 fully saturated rings. The Labute approximate surface area is 131 Å². The van der Waals surface area contributed by atoms with Crippen molar-refractivity contribution in [1.82, 2.24) is 9.97 Å². The number of hydrogen-bond donors (Lipinski definition) is 2. The molecule has 0 atom stereocenters. The summed E-state index contributed by atoms with van der Waals surface area (Å²) < 4.78 is 5.45. The third-order valence-electron chi connectivity index (χ3n) is 2.98. The Morgan fingerprint density at radius 3 is 2.59 bits per heavy atom. The molecule has 2 rings (SSSR count). The summed E-state index contributed by atoms with van der Waals surface area (Å²) in [6, 6.07) is 1.48. The molecule has 3 N–H and O–H groups in total. The molecule has 22 heavy (non-hydrogen) atoms. The Hall–Kier alpha value is -2.41. The number of halogens is 1. The number of rotatable bonds is 5. The SMILES string of the molecule is CCc1nc(Cl)cc(Nc2oc(C)c(C(C)=O)c2C(N)=O)n1. The van der Waals surface area contributed by atoms with Gasteiger partial charge in [0.15, 0.2) is 5.78 Å².